The third kappa shape index (κ3) is 4.73. The third-order valence-corrected chi connectivity index (χ3v) is 7.95. The van der Waals surface area contributed by atoms with E-state index < -0.39 is 36.6 Å². The van der Waals surface area contributed by atoms with Gasteiger partial charge >= 0.3 is 0 Å². The number of sulfonamides is 2. The van der Waals surface area contributed by atoms with Crippen molar-refractivity contribution in [1.82, 2.24) is 4.31 Å². The number of nitrogens with one attached hydrogen (secondary N) is 1. The predicted octanol–water partition coefficient (Wildman–Crippen LogP) is 3.34. The second-order valence-corrected chi connectivity index (χ2v) is 10.3. The van der Waals surface area contributed by atoms with E-state index in [2.05, 4.69) is 4.72 Å². The van der Waals surface area contributed by atoms with Gasteiger partial charge in [-0.3, -0.25) is 4.72 Å². The molecule has 2 aromatic carbocycles. The lowest BCUT2D eigenvalue weighted by atomic mass is 10.2. The number of benzene rings is 2. The molecule has 1 aliphatic heterocycles. The lowest BCUT2D eigenvalue weighted by Crippen LogP contribution is -2.35. The van der Waals surface area contributed by atoms with Gasteiger partial charge < -0.3 is 4.74 Å². The van der Waals surface area contributed by atoms with Gasteiger partial charge in [0.05, 0.1) is 12.3 Å². The maximum Gasteiger partial charge on any atom is 0.264 e. The number of nitrogens with zero attached hydrogens (tertiary/aromatic N) is 1. The van der Waals surface area contributed by atoms with Gasteiger partial charge in [0.1, 0.15) is 27.2 Å². The SMILES string of the molecule is CCOc1ccc(NS(=O)(=O)c2ccc(F)cc2F)cc1S(=O)(=O)N1CCCCC1. The van der Waals surface area contributed by atoms with Gasteiger partial charge in [-0.25, -0.2) is 25.6 Å². The Kier molecular flexibility index (Phi) is 6.63. The molecule has 0 aromatic heterocycles. The molecule has 0 bridgehead atoms. The molecule has 30 heavy (non-hydrogen) atoms. The molecule has 1 heterocycles. The van der Waals surface area contributed by atoms with Crippen molar-refractivity contribution in [2.24, 2.45) is 0 Å². The van der Waals surface area contributed by atoms with Gasteiger partial charge in [-0.1, -0.05) is 6.42 Å². The first-order valence-electron chi connectivity index (χ1n) is 9.40. The second-order valence-electron chi connectivity index (χ2n) is 6.74. The van der Waals surface area contributed by atoms with Crippen LogP contribution in [-0.2, 0) is 20.0 Å². The van der Waals surface area contributed by atoms with Gasteiger partial charge in [0.25, 0.3) is 10.0 Å². The summed E-state index contributed by atoms with van der Waals surface area (Å²) in [4.78, 5) is -0.927. The molecule has 3 rings (SSSR count). The standard InChI is InChI=1S/C19H22F2N2O5S2/c1-2-28-17-8-7-15(13-19(17)30(26,27)23-10-4-3-5-11-23)22-29(24,25)18-9-6-14(20)12-16(18)21/h6-9,12-13,22H,2-5,10-11H2,1H3. The van der Waals surface area contributed by atoms with Crippen molar-refractivity contribution in [3.63, 3.8) is 0 Å². The van der Waals surface area contributed by atoms with E-state index in [1.54, 1.807) is 6.92 Å². The molecule has 0 atom stereocenters. The minimum Gasteiger partial charge on any atom is -0.492 e. The van der Waals surface area contributed by atoms with E-state index in [1.165, 1.54) is 16.4 Å². The highest BCUT2D eigenvalue weighted by molar-refractivity contribution is 7.92. The van der Waals surface area contributed by atoms with Crippen molar-refractivity contribution >= 4 is 25.7 Å². The molecule has 7 nitrogen and oxygen atoms in total. The summed E-state index contributed by atoms with van der Waals surface area (Å²) < 4.78 is 87.3. The summed E-state index contributed by atoms with van der Waals surface area (Å²) in [7, 11) is -8.34. The zero-order valence-corrected chi connectivity index (χ0v) is 17.9. The van der Waals surface area contributed by atoms with Crippen molar-refractivity contribution in [2.45, 2.75) is 36.0 Å². The highest BCUT2D eigenvalue weighted by atomic mass is 32.2. The molecule has 0 spiro atoms. The topological polar surface area (TPSA) is 92.8 Å². The van der Waals surface area contributed by atoms with E-state index in [9.17, 15) is 25.6 Å². The number of anilines is 1. The Bertz CT molecular complexity index is 1130. The number of ether oxygens (including phenoxy) is 1. The fraction of sp³-hybridized carbons (Fsp3) is 0.368. The zero-order chi connectivity index (χ0) is 21.9. The Labute approximate surface area is 174 Å². The van der Waals surface area contributed by atoms with Crippen LogP contribution in [0, 0.1) is 11.6 Å². The van der Waals surface area contributed by atoms with Crippen LogP contribution < -0.4 is 9.46 Å². The second kappa shape index (κ2) is 8.86. The smallest absolute Gasteiger partial charge is 0.264 e. The van der Waals surface area contributed by atoms with Crippen LogP contribution in [0.5, 0.6) is 5.75 Å². The molecule has 2 aromatic rings. The van der Waals surface area contributed by atoms with Gasteiger partial charge in [0, 0.05) is 19.2 Å². The van der Waals surface area contributed by atoms with Crippen molar-refractivity contribution in [1.29, 1.82) is 0 Å². The highest BCUT2D eigenvalue weighted by Crippen LogP contribution is 2.32. The van der Waals surface area contributed by atoms with Gasteiger partial charge in [-0.2, -0.15) is 4.31 Å². The molecular weight excluding hydrogens is 438 g/mol. The summed E-state index contributed by atoms with van der Waals surface area (Å²) in [6.07, 6.45) is 2.41. The monoisotopic (exact) mass is 460 g/mol. The van der Waals surface area contributed by atoms with Crippen molar-refractivity contribution in [3.8, 4) is 5.75 Å². The molecule has 164 valence electrons. The molecule has 0 aliphatic carbocycles. The molecule has 0 saturated carbocycles. The molecule has 1 saturated heterocycles. The first-order valence-corrected chi connectivity index (χ1v) is 12.3. The van der Waals surface area contributed by atoms with Crippen LogP contribution in [0.2, 0.25) is 0 Å². The minimum atomic E-state index is -4.41. The molecule has 0 amide bonds. The van der Waals surface area contributed by atoms with Crippen LogP contribution in [0.4, 0.5) is 14.5 Å². The van der Waals surface area contributed by atoms with Gasteiger partial charge in [0.15, 0.2) is 0 Å². The largest absolute Gasteiger partial charge is 0.492 e. The summed E-state index contributed by atoms with van der Waals surface area (Å²) >= 11 is 0. The molecule has 0 radical (unpaired) electrons. The maximum absolute atomic E-state index is 13.9. The summed E-state index contributed by atoms with van der Waals surface area (Å²) in [5, 5.41) is 0. The van der Waals surface area contributed by atoms with Crippen LogP contribution >= 0.6 is 0 Å². The average Bonchev–Trinajstić information content (AvgIpc) is 2.69. The van der Waals surface area contributed by atoms with Crippen LogP contribution in [0.3, 0.4) is 0 Å². The van der Waals surface area contributed by atoms with Crippen molar-refractivity contribution in [3.05, 3.63) is 48.0 Å². The Morgan fingerprint density at radius 1 is 0.967 bits per heavy atom. The van der Waals surface area contributed by atoms with E-state index in [4.69, 9.17) is 4.74 Å². The van der Waals surface area contributed by atoms with Crippen LogP contribution in [0.1, 0.15) is 26.2 Å². The first kappa shape index (κ1) is 22.4. The molecule has 1 N–H and O–H groups in total. The average molecular weight is 461 g/mol. The summed E-state index contributed by atoms with van der Waals surface area (Å²) in [5.41, 5.74) is -0.0854. The number of piperidine rings is 1. The molecule has 1 aliphatic rings. The molecule has 11 heteroatoms. The maximum atomic E-state index is 13.9. The van der Waals surface area contributed by atoms with Crippen LogP contribution in [0.25, 0.3) is 0 Å². The lowest BCUT2D eigenvalue weighted by molar-refractivity contribution is 0.323. The quantitative estimate of drug-likeness (QED) is 0.684. The van der Waals surface area contributed by atoms with E-state index in [1.807, 2.05) is 0 Å². The molecule has 0 unspecified atom stereocenters. The Balaban J connectivity index is 1.99. The van der Waals surface area contributed by atoms with Gasteiger partial charge in [0.2, 0.25) is 10.0 Å². The number of halogens is 2. The van der Waals surface area contributed by atoms with Crippen LogP contribution in [-0.4, -0.2) is 40.8 Å². The lowest BCUT2D eigenvalue weighted by Gasteiger charge is -2.27. The fourth-order valence-corrected chi connectivity index (χ4v) is 5.98. The van der Waals surface area contributed by atoms with E-state index >= 15 is 0 Å². The predicted molar refractivity (Wildman–Crippen MR) is 107 cm³/mol. The molecular formula is C19H22F2N2O5S2. The van der Waals surface area contributed by atoms with Gasteiger partial charge in [-0.15, -0.1) is 0 Å². The summed E-state index contributed by atoms with van der Waals surface area (Å²) in [6.45, 7) is 2.65. The van der Waals surface area contributed by atoms with Gasteiger partial charge in [-0.05, 0) is 50.1 Å². The summed E-state index contributed by atoms with van der Waals surface area (Å²) in [5.74, 6) is -2.07. The minimum absolute atomic E-state index is 0.0854. The number of rotatable bonds is 7. The molecule has 1 fully saturated rings. The Hall–Kier alpha value is -2.24. The first-order chi connectivity index (χ1) is 14.1. The van der Waals surface area contributed by atoms with E-state index in [-0.39, 0.29) is 22.9 Å². The van der Waals surface area contributed by atoms with Crippen molar-refractivity contribution in [2.75, 3.05) is 24.4 Å². The van der Waals surface area contributed by atoms with E-state index in [0.29, 0.717) is 19.2 Å². The van der Waals surface area contributed by atoms with Crippen molar-refractivity contribution < 1.29 is 30.4 Å². The Morgan fingerprint density at radius 2 is 1.67 bits per heavy atom. The van der Waals surface area contributed by atoms with E-state index in [0.717, 1.165) is 37.5 Å². The fourth-order valence-electron chi connectivity index (χ4n) is 3.20. The Morgan fingerprint density at radius 3 is 2.30 bits per heavy atom. The van der Waals surface area contributed by atoms with Crippen LogP contribution in [0.15, 0.2) is 46.2 Å². The highest BCUT2D eigenvalue weighted by Gasteiger charge is 2.30. The summed E-state index contributed by atoms with van der Waals surface area (Å²) in [6, 6.07) is 5.89. The third-order valence-electron chi connectivity index (χ3n) is 4.61. The number of hydrogen-bond acceptors (Lipinski definition) is 5. The zero-order valence-electron chi connectivity index (χ0n) is 16.3. The normalized spacial score (nSPS) is 15.7. The number of hydrogen-bond donors (Lipinski definition) is 1.